The second-order valence-corrected chi connectivity index (χ2v) is 7.98. The van der Waals surface area contributed by atoms with Crippen molar-refractivity contribution in [2.24, 2.45) is 0 Å². The topological polar surface area (TPSA) is 45.7 Å². The second kappa shape index (κ2) is 9.98. The van der Waals surface area contributed by atoms with Gasteiger partial charge in [-0.2, -0.15) is 0 Å². The van der Waals surface area contributed by atoms with Gasteiger partial charge in [-0.1, -0.05) is 6.07 Å². The van der Waals surface area contributed by atoms with E-state index in [0.717, 1.165) is 49.6 Å². The molecular weight excluding hydrogens is 388 g/mol. The number of benzene rings is 1. The average molecular weight is 418 g/mol. The van der Waals surface area contributed by atoms with E-state index in [9.17, 15) is 13.6 Å². The number of aromatic nitrogens is 1. The van der Waals surface area contributed by atoms with Crippen molar-refractivity contribution >= 4 is 12.1 Å². The zero-order chi connectivity index (χ0) is 21.7. The SMILES string of the molecule is COc1cc(F)c(C(CC=O)CN(C)c2cccc(C3CCN(C)CC3)n2)c(F)c1. The van der Waals surface area contributed by atoms with E-state index in [4.69, 9.17) is 9.72 Å². The van der Waals surface area contributed by atoms with Gasteiger partial charge >= 0.3 is 0 Å². The van der Waals surface area contributed by atoms with E-state index >= 15 is 0 Å². The summed E-state index contributed by atoms with van der Waals surface area (Å²) in [4.78, 5) is 20.2. The minimum atomic E-state index is -0.708. The molecule has 0 spiro atoms. The van der Waals surface area contributed by atoms with Gasteiger partial charge in [0.05, 0.1) is 7.11 Å². The summed E-state index contributed by atoms with van der Waals surface area (Å²) in [6, 6.07) is 8.19. The second-order valence-electron chi connectivity index (χ2n) is 7.98. The number of piperidine rings is 1. The Morgan fingerprint density at radius 2 is 1.93 bits per heavy atom. The predicted octanol–water partition coefficient (Wildman–Crippen LogP) is 3.99. The molecule has 5 nitrogen and oxygen atoms in total. The number of pyridine rings is 1. The fraction of sp³-hybridized carbons (Fsp3) is 0.478. The molecule has 0 N–H and O–H groups in total. The molecule has 1 aliphatic rings. The van der Waals surface area contributed by atoms with Gasteiger partial charge in [-0.05, 0) is 45.1 Å². The first-order valence-electron chi connectivity index (χ1n) is 10.3. The Balaban J connectivity index is 1.80. The molecule has 1 aromatic carbocycles. The number of aldehydes is 1. The lowest BCUT2D eigenvalue weighted by atomic mass is 9.93. The van der Waals surface area contributed by atoms with Crippen LogP contribution in [0, 0.1) is 11.6 Å². The molecule has 7 heteroatoms. The number of carbonyl (C=O) groups excluding carboxylic acids is 1. The van der Waals surface area contributed by atoms with Crippen molar-refractivity contribution < 1.29 is 18.3 Å². The van der Waals surface area contributed by atoms with Gasteiger partial charge < -0.3 is 19.3 Å². The zero-order valence-corrected chi connectivity index (χ0v) is 17.8. The highest BCUT2D eigenvalue weighted by molar-refractivity contribution is 5.53. The largest absolute Gasteiger partial charge is 0.497 e. The van der Waals surface area contributed by atoms with Crippen molar-refractivity contribution in [3.8, 4) is 5.75 Å². The minimum Gasteiger partial charge on any atom is -0.497 e. The molecule has 0 radical (unpaired) electrons. The summed E-state index contributed by atoms with van der Waals surface area (Å²) >= 11 is 0. The first-order chi connectivity index (χ1) is 14.4. The lowest BCUT2D eigenvalue weighted by molar-refractivity contribution is -0.108. The third-order valence-corrected chi connectivity index (χ3v) is 5.86. The van der Waals surface area contributed by atoms with Crippen LogP contribution >= 0.6 is 0 Å². The molecule has 30 heavy (non-hydrogen) atoms. The molecule has 0 aliphatic carbocycles. The Hall–Kier alpha value is -2.54. The van der Waals surface area contributed by atoms with Crippen LogP contribution in [-0.2, 0) is 4.79 Å². The summed E-state index contributed by atoms with van der Waals surface area (Å²) in [6.45, 7) is 2.36. The summed E-state index contributed by atoms with van der Waals surface area (Å²) in [5.74, 6) is -0.791. The van der Waals surface area contributed by atoms with Crippen LogP contribution in [-0.4, -0.2) is 57.0 Å². The molecule has 1 fully saturated rings. The quantitative estimate of drug-likeness (QED) is 0.608. The average Bonchev–Trinajstić information content (AvgIpc) is 2.73. The van der Waals surface area contributed by atoms with Gasteiger partial charge in [-0.3, -0.25) is 0 Å². The molecular formula is C23H29F2N3O2. The van der Waals surface area contributed by atoms with Crippen molar-refractivity contribution in [3.05, 3.63) is 53.2 Å². The molecule has 162 valence electrons. The van der Waals surface area contributed by atoms with Gasteiger partial charge in [0.2, 0.25) is 0 Å². The Bertz CT molecular complexity index is 846. The maximum Gasteiger partial charge on any atom is 0.133 e. The van der Waals surface area contributed by atoms with E-state index in [2.05, 4.69) is 11.9 Å². The standard InChI is InChI=1S/C23H29F2N3O2/c1-27-10-7-16(8-11-27)21-5-4-6-22(26-21)28(2)15-17(9-12-29)23-19(24)13-18(30-3)14-20(23)25/h4-6,12-14,16-17H,7-11,15H2,1-3H3. The van der Waals surface area contributed by atoms with Gasteiger partial charge in [0.1, 0.15) is 29.5 Å². The predicted molar refractivity (Wildman–Crippen MR) is 113 cm³/mol. The number of likely N-dealkylation sites (N-methyl/N-ethyl adjacent to an activating group) is 1. The molecule has 1 aromatic heterocycles. The number of carbonyl (C=O) groups is 1. The Morgan fingerprint density at radius 3 is 2.53 bits per heavy atom. The summed E-state index contributed by atoms with van der Waals surface area (Å²) in [5.41, 5.74) is 0.947. The lowest BCUT2D eigenvalue weighted by Gasteiger charge is -2.30. The first kappa shape index (κ1) is 22.2. The summed E-state index contributed by atoms with van der Waals surface area (Å²) in [5, 5.41) is 0. The van der Waals surface area contributed by atoms with Crippen molar-refractivity contribution in [1.29, 1.82) is 0 Å². The summed E-state index contributed by atoms with van der Waals surface area (Å²) < 4.78 is 34.1. The summed E-state index contributed by atoms with van der Waals surface area (Å²) in [6.07, 6.45) is 2.84. The van der Waals surface area contributed by atoms with E-state index in [1.807, 2.05) is 30.1 Å². The molecule has 0 saturated carbocycles. The number of likely N-dealkylation sites (tertiary alicyclic amines) is 1. The van der Waals surface area contributed by atoms with E-state index in [-0.39, 0.29) is 24.3 Å². The number of methoxy groups -OCH3 is 1. The zero-order valence-electron chi connectivity index (χ0n) is 17.8. The van der Waals surface area contributed by atoms with Crippen LogP contribution in [0.3, 0.4) is 0 Å². The van der Waals surface area contributed by atoms with Crippen LogP contribution in [0.5, 0.6) is 5.75 Å². The van der Waals surface area contributed by atoms with E-state index in [1.165, 1.54) is 7.11 Å². The molecule has 0 bridgehead atoms. The monoisotopic (exact) mass is 417 g/mol. The molecule has 1 atom stereocenters. The Labute approximate surface area is 176 Å². The highest BCUT2D eigenvalue weighted by atomic mass is 19.1. The number of hydrogen-bond acceptors (Lipinski definition) is 5. The third-order valence-electron chi connectivity index (χ3n) is 5.86. The Kier molecular flexibility index (Phi) is 7.37. The third kappa shape index (κ3) is 5.14. The van der Waals surface area contributed by atoms with Crippen LogP contribution in [0.1, 0.15) is 42.4 Å². The van der Waals surface area contributed by atoms with Crippen molar-refractivity contribution in [2.75, 3.05) is 45.7 Å². The lowest BCUT2D eigenvalue weighted by Crippen LogP contribution is -2.30. The molecule has 2 aromatic rings. The fourth-order valence-corrected chi connectivity index (χ4v) is 4.08. The number of hydrogen-bond donors (Lipinski definition) is 0. The van der Waals surface area contributed by atoms with Crippen LogP contribution < -0.4 is 9.64 Å². The van der Waals surface area contributed by atoms with Gasteiger partial charge in [-0.25, -0.2) is 13.8 Å². The molecule has 0 amide bonds. The molecule has 2 heterocycles. The molecule has 1 aliphatic heterocycles. The number of anilines is 1. The number of rotatable bonds is 8. The first-order valence-corrected chi connectivity index (χ1v) is 10.3. The van der Waals surface area contributed by atoms with Gasteiger partial charge in [-0.15, -0.1) is 0 Å². The fourth-order valence-electron chi connectivity index (χ4n) is 4.08. The number of halogens is 2. The molecule has 3 rings (SSSR count). The summed E-state index contributed by atoms with van der Waals surface area (Å²) in [7, 11) is 5.31. The highest BCUT2D eigenvalue weighted by Crippen LogP contribution is 2.31. The maximum atomic E-state index is 14.6. The molecule has 1 saturated heterocycles. The number of nitrogens with zero attached hydrogens (tertiary/aromatic N) is 3. The van der Waals surface area contributed by atoms with E-state index < -0.39 is 17.6 Å². The Morgan fingerprint density at radius 1 is 1.27 bits per heavy atom. The normalized spacial score (nSPS) is 16.3. The van der Waals surface area contributed by atoms with Gasteiger partial charge in [0.25, 0.3) is 0 Å². The van der Waals surface area contributed by atoms with E-state index in [1.54, 1.807) is 0 Å². The van der Waals surface area contributed by atoms with Crippen LogP contribution in [0.4, 0.5) is 14.6 Å². The van der Waals surface area contributed by atoms with Crippen molar-refractivity contribution in [3.63, 3.8) is 0 Å². The van der Waals surface area contributed by atoms with Crippen LogP contribution in [0.25, 0.3) is 0 Å². The van der Waals surface area contributed by atoms with Gasteiger partial charge in [0, 0.05) is 55.2 Å². The van der Waals surface area contributed by atoms with Crippen LogP contribution in [0.2, 0.25) is 0 Å². The maximum absolute atomic E-state index is 14.6. The number of ether oxygens (including phenoxy) is 1. The van der Waals surface area contributed by atoms with Crippen molar-refractivity contribution in [1.82, 2.24) is 9.88 Å². The minimum absolute atomic E-state index is 0.0131. The van der Waals surface area contributed by atoms with Crippen LogP contribution in [0.15, 0.2) is 30.3 Å². The van der Waals surface area contributed by atoms with Gasteiger partial charge in [0.15, 0.2) is 0 Å². The highest BCUT2D eigenvalue weighted by Gasteiger charge is 2.24. The smallest absolute Gasteiger partial charge is 0.133 e. The van der Waals surface area contributed by atoms with E-state index in [0.29, 0.717) is 12.2 Å². The van der Waals surface area contributed by atoms with Crippen molar-refractivity contribution in [2.45, 2.75) is 31.1 Å². The molecule has 1 unspecified atom stereocenters.